The Balaban J connectivity index is 4.42. The lowest BCUT2D eigenvalue weighted by molar-refractivity contribution is -0.137. The van der Waals surface area contributed by atoms with Gasteiger partial charge in [0.05, 0.1) is 0 Å². The molecule has 0 spiro atoms. The molecule has 0 rings (SSSR count). The number of nitrogens with zero attached hydrogens (tertiary/aromatic N) is 1. The molecule has 0 aromatic rings. The molecule has 0 aliphatic carbocycles. The first-order valence-corrected chi connectivity index (χ1v) is 5.22. The Bertz CT molecular complexity index is 295. The molecule has 1 amide bonds. The van der Waals surface area contributed by atoms with E-state index in [1.807, 2.05) is 0 Å². The molecular formula is C11H18NO5. The molecule has 0 saturated carbocycles. The fourth-order valence-corrected chi connectivity index (χ4v) is 1.05. The largest absolute Gasteiger partial charge is 0.481 e. The Hall–Kier alpha value is -1.59. The second-order valence-corrected chi connectivity index (χ2v) is 4.66. The molecule has 0 aliphatic heterocycles. The zero-order valence-corrected chi connectivity index (χ0v) is 10.5. The van der Waals surface area contributed by atoms with Gasteiger partial charge in [-0.15, -0.1) is 0 Å². The number of rotatable bonds is 5. The van der Waals surface area contributed by atoms with E-state index in [9.17, 15) is 14.4 Å². The molecular weight excluding hydrogens is 226 g/mol. The molecule has 97 valence electrons. The van der Waals surface area contributed by atoms with E-state index < -0.39 is 23.7 Å². The average molecular weight is 244 g/mol. The lowest BCUT2D eigenvalue weighted by atomic mass is 10.1. The van der Waals surface area contributed by atoms with Crippen LogP contribution < -0.4 is 0 Å². The van der Waals surface area contributed by atoms with Crippen LogP contribution in [0.1, 0.15) is 33.6 Å². The van der Waals surface area contributed by atoms with Crippen LogP contribution in [0.25, 0.3) is 0 Å². The SMILES string of the molecule is CN(C(=O)OC(C)(C)C)[C@H]([C]=O)CCC(=O)O. The predicted octanol–water partition coefficient (Wildman–Crippen LogP) is 1.20. The van der Waals surface area contributed by atoms with Gasteiger partial charge in [0.2, 0.25) is 6.29 Å². The molecule has 0 unspecified atom stereocenters. The van der Waals surface area contributed by atoms with Crippen LogP contribution in [0, 0.1) is 0 Å². The summed E-state index contributed by atoms with van der Waals surface area (Å²) in [7, 11) is 1.38. The van der Waals surface area contributed by atoms with Gasteiger partial charge >= 0.3 is 12.1 Å². The number of carbonyl (C=O) groups is 2. The number of aliphatic carboxylic acids is 1. The number of carbonyl (C=O) groups excluding carboxylic acids is 2. The Morgan fingerprint density at radius 1 is 1.41 bits per heavy atom. The van der Waals surface area contributed by atoms with Crippen molar-refractivity contribution in [1.82, 2.24) is 4.90 Å². The fourth-order valence-electron chi connectivity index (χ4n) is 1.05. The molecule has 1 N–H and O–H groups in total. The predicted molar refractivity (Wildman–Crippen MR) is 60.3 cm³/mol. The molecule has 0 heterocycles. The third-order valence-electron chi connectivity index (χ3n) is 1.92. The van der Waals surface area contributed by atoms with Gasteiger partial charge in [-0.25, -0.2) is 4.79 Å². The summed E-state index contributed by atoms with van der Waals surface area (Å²) < 4.78 is 5.05. The van der Waals surface area contributed by atoms with Gasteiger partial charge in [0, 0.05) is 13.5 Å². The van der Waals surface area contributed by atoms with Gasteiger partial charge in [-0.05, 0) is 27.2 Å². The van der Waals surface area contributed by atoms with Gasteiger partial charge in [-0.2, -0.15) is 0 Å². The highest BCUT2D eigenvalue weighted by Gasteiger charge is 2.25. The van der Waals surface area contributed by atoms with Gasteiger partial charge in [-0.3, -0.25) is 9.59 Å². The van der Waals surface area contributed by atoms with Crippen LogP contribution in [0.2, 0.25) is 0 Å². The molecule has 1 atom stereocenters. The standard InChI is InChI=1S/C11H18NO5/c1-11(2,3)17-10(16)12(4)8(7-13)5-6-9(14)15/h8H,5-6H2,1-4H3,(H,14,15)/t8-/m0/s1. The molecule has 0 aromatic heterocycles. The van der Waals surface area contributed by atoms with Crippen molar-refractivity contribution in [3.8, 4) is 0 Å². The van der Waals surface area contributed by atoms with Crippen LogP contribution >= 0.6 is 0 Å². The zero-order chi connectivity index (χ0) is 13.6. The topological polar surface area (TPSA) is 83.9 Å². The summed E-state index contributed by atoms with van der Waals surface area (Å²) in [6, 6.07) is -0.902. The van der Waals surface area contributed by atoms with Gasteiger partial charge < -0.3 is 14.7 Å². The normalized spacial score (nSPS) is 12.7. The maximum atomic E-state index is 11.6. The van der Waals surface area contributed by atoms with Crippen LogP contribution in [0.15, 0.2) is 0 Å². The van der Waals surface area contributed by atoms with Crippen molar-refractivity contribution in [2.45, 2.75) is 45.3 Å². The molecule has 0 aromatic carbocycles. The molecule has 1 radical (unpaired) electrons. The van der Waals surface area contributed by atoms with E-state index in [2.05, 4.69) is 0 Å². The average Bonchev–Trinajstić information content (AvgIpc) is 2.15. The number of hydrogen-bond acceptors (Lipinski definition) is 4. The lowest BCUT2D eigenvalue weighted by Crippen LogP contribution is -2.41. The second kappa shape index (κ2) is 6.22. The second-order valence-electron chi connectivity index (χ2n) is 4.66. The number of carboxylic acid groups (broad SMARTS) is 1. The van der Waals surface area contributed by atoms with E-state index >= 15 is 0 Å². The maximum absolute atomic E-state index is 11.6. The van der Waals surface area contributed by atoms with Crippen molar-refractivity contribution >= 4 is 18.3 Å². The number of hydrogen-bond donors (Lipinski definition) is 1. The molecule has 0 saturated heterocycles. The van der Waals surface area contributed by atoms with Crippen LogP contribution in [0.5, 0.6) is 0 Å². The highest BCUT2D eigenvalue weighted by atomic mass is 16.6. The fraction of sp³-hybridized carbons (Fsp3) is 0.727. The zero-order valence-electron chi connectivity index (χ0n) is 10.5. The van der Waals surface area contributed by atoms with Crippen LogP contribution in [-0.2, 0) is 14.3 Å². The van der Waals surface area contributed by atoms with Crippen LogP contribution in [0.3, 0.4) is 0 Å². The summed E-state index contributed by atoms with van der Waals surface area (Å²) in [6.45, 7) is 5.11. The van der Waals surface area contributed by atoms with Crippen LogP contribution in [-0.4, -0.2) is 47.0 Å². The van der Waals surface area contributed by atoms with Crippen molar-refractivity contribution < 1.29 is 24.2 Å². The Kier molecular flexibility index (Phi) is 5.64. The number of amides is 1. The number of carboxylic acids is 1. The lowest BCUT2D eigenvalue weighted by Gasteiger charge is -2.27. The van der Waals surface area contributed by atoms with Crippen molar-refractivity contribution in [2.24, 2.45) is 0 Å². The van der Waals surface area contributed by atoms with Gasteiger partial charge in [-0.1, -0.05) is 0 Å². The van der Waals surface area contributed by atoms with Gasteiger partial charge in [0.1, 0.15) is 11.6 Å². The first kappa shape index (κ1) is 15.4. The summed E-state index contributed by atoms with van der Waals surface area (Å²) in [6.07, 6.45) is 0.787. The summed E-state index contributed by atoms with van der Waals surface area (Å²) in [5.74, 6) is -1.03. The van der Waals surface area contributed by atoms with E-state index in [0.717, 1.165) is 4.90 Å². The van der Waals surface area contributed by atoms with Crippen molar-refractivity contribution in [3.63, 3.8) is 0 Å². The minimum absolute atomic E-state index is 0.0224. The summed E-state index contributed by atoms with van der Waals surface area (Å²) >= 11 is 0. The highest BCUT2D eigenvalue weighted by Crippen LogP contribution is 2.12. The first-order chi connectivity index (χ1) is 7.67. The molecule has 6 heteroatoms. The highest BCUT2D eigenvalue weighted by molar-refractivity contribution is 5.74. The summed E-state index contributed by atoms with van der Waals surface area (Å²) in [5, 5.41) is 8.50. The third-order valence-corrected chi connectivity index (χ3v) is 1.92. The van der Waals surface area contributed by atoms with Crippen molar-refractivity contribution in [3.05, 3.63) is 0 Å². The van der Waals surface area contributed by atoms with Crippen LogP contribution in [0.4, 0.5) is 4.79 Å². The summed E-state index contributed by atoms with van der Waals surface area (Å²) in [4.78, 5) is 33.7. The van der Waals surface area contributed by atoms with E-state index in [1.165, 1.54) is 7.05 Å². The Morgan fingerprint density at radius 3 is 2.29 bits per heavy atom. The van der Waals surface area contributed by atoms with E-state index in [0.29, 0.717) is 0 Å². The number of likely N-dealkylation sites (N-methyl/N-ethyl adjacent to an activating group) is 1. The molecule has 0 fully saturated rings. The molecule has 0 aliphatic rings. The minimum atomic E-state index is -1.03. The third kappa shape index (κ3) is 6.55. The van der Waals surface area contributed by atoms with E-state index in [-0.39, 0.29) is 12.8 Å². The molecule has 0 bridgehead atoms. The first-order valence-electron chi connectivity index (χ1n) is 5.22. The van der Waals surface area contributed by atoms with Crippen molar-refractivity contribution in [1.29, 1.82) is 0 Å². The van der Waals surface area contributed by atoms with E-state index in [4.69, 9.17) is 9.84 Å². The smallest absolute Gasteiger partial charge is 0.410 e. The Labute approximate surface area is 101 Å². The minimum Gasteiger partial charge on any atom is -0.481 e. The Morgan fingerprint density at radius 2 is 1.94 bits per heavy atom. The molecule has 17 heavy (non-hydrogen) atoms. The number of ether oxygens (including phenoxy) is 1. The van der Waals surface area contributed by atoms with Gasteiger partial charge in [0.25, 0.3) is 0 Å². The molecule has 6 nitrogen and oxygen atoms in total. The van der Waals surface area contributed by atoms with Gasteiger partial charge in [0.15, 0.2) is 0 Å². The maximum Gasteiger partial charge on any atom is 0.410 e. The van der Waals surface area contributed by atoms with Crippen molar-refractivity contribution in [2.75, 3.05) is 7.05 Å². The monoisotopic (exact) mass is 244 g/mol. The quantitative estimate of drug-likeness (QED) is 0.785. The summed E-state index contributed by atoms with van der Waals surface area (Å²) in [5.41, 5.74) is -0.661. The van der Waals surface area contributed by atoms with E-state index in [1.54, 1.807) is 27.1 Å².